The Kier molecular flexibility index (Phi) is 4.95. The molecule has 1 aromatic rings. The van der Waals surface area contributed by atoms with Crippen LogP contribution in [0.3, 0.4) is 0 Å². The molecule has 0 aliphatic carbocycles. The molecule has 1 aliphatic rings. The average molecular weight is 277 g/mol. The molecular weight excluding hydrogens is 254 g/mol. The summed E-state index contributed by atoms with van der Waals surface area (Å²) in [6, 6.07) is 3.61. The molecule has 2 heterocycles. The van der Waals surface area contributed by atoms with Gasteiger partial charge in [0.2, 0.25) is 0 Å². The number of piperidine rings is 1. The Morgan fingerprint density at radius 3 is 2.75 bits per heavy atom. The number of esters is 1. The van der Waals surface area contributed by atoms with E-state index >= 15 is 0 Å². The van der Waals surface area contributed by atoms with E-state index in [1.54, 1.807) is 6.07 Å². The van der Waals surface area contributed by atoms with E-state index in [1.165, 1.54) is 33.0 Å². The van der Waals surface area contributed by atoms with Gasteiger partial charge in [-0.3, -0.25) is 0 Å². The first-order valence-electron chi connectivity index (χ1n) is 7.08. The second-order valence-corrected chi connectivity index (χ2v) is 5.45. The summed E-state index contributed by atoms with van der Waals surface area (Å²) >= 11 is 0. The van der Waals surface area contributed by atoms with Gasteiger partial charge in [-0.2, -0.15) is 0 Å². The molecule has 0 atom stereocenters. The summed E-state index contributed by atoms with van der Waals surface area (Å²) < 4.78 is 4.72. The number of carbonyl (C=O) groups excluding carboxylic acids is 1. The van der Waals surface area contributed by atoms with Crippen LogP contribution in [-0.4, -0.2) is 49.6 Å². The van der Waals surface area contributed by atoms with Crippen molar-refractivity contribution in [2.24, 2.45) is 5.92 Å². The molecule has 0 bridgehead atoms. The summed E-state index contributed by atoms with van der Waals surface area (Å²) in [4.78, 5) is 18.3. The molecule has 0 radical (unpaired) electrons. The number of ether oxygens (including phenoxy) is 1. The number of methoxy groups -OCH3 is 1. The third kappa shape index (κ3) is 3.70. The van der Waals surface area contributed by atoms with Gasteiger partial charge in [0.05, 0.1) is 18.4 Å². The van der Waals surface area contributed by atoms with Gasteiger partial charge in [0, 0.05) is 6.54 Å². The van der Waals surface area contributed by atoms with Crippen molar-refractivity contribution in [2.75, 3.05) is 39.1 Å². The number of anilines is 1. The molecular formula is C15H23N3O2. The minimum absolute atomic E-state index is 0.336. The lowest BCUT2D eigenvalue weighted by molar-refractivity contribution is 0.0599. The first-order valence-corrected chi connectivity index (χ1v) is 7.08. The monoisotopic (exact) mass is 277 g/mol. The minimum atomic E-state index is -0.336. The maximum Gasteiger partial charge on any atom is 0.339 e. The van der Waals surface area contributed by atoms with Gasteiger partial charge in [0.15, 0.2) is 0 Å². The van der Waals surface area contributed by atoms with Gasteiger partial charge in [-0.05, 0) is 58.0 Å². The molecule has 0 unspecified atom stereocenters. The van der Waals surface area contributed by atoms with E-state index in [-0.39, 0.29) is 5.97 Å². The summed E-state index contributed by atoms with van der Waals surface area (Å²) in [6.45, 7) is 5.10. The Labute approximate surface area is 120 Å². The van der Waals surface area contributed by atoms with Crippen LogP contribution in [0.4, 0.5) is 5.82 Å². The molecule has 0 aromatic carbocycles. The lowest BCUT2D eigenvalue weighted by atomic mass is 9.97. The van der Waals surface area contributed by atoms with Crippen LogP contribution in [0.5, 0.6) is 0 Å². The van der Waals surface area contributed by atoms with Crippen molar-refractivity contribution in [3.05, 3.63) is 23.4 Å². The van der Waals surface area contributed by atoms with Crippen molar-refractivity contribution >= 4 is 11.8 Å². The van der Waals surface area contributed by atoms with E-state index in [2.05, 4.69) is 22.2 Å². The molecule has 0 amide bonds. The predicted molar refractivity (Wildman–Crippen MR) is 79.0 cm³/mol. The Bertz CT molecular complexity index is 468. The van der Waals surface area contributed by atoms with Crippen molar-refractivity contribution < 1.29 is 9.53 Å². The fourth-order valence-corrected chi connectivity index (χ4v) is 2.50. The predicted octanol–water partition coefficient (Wildman–Crippen LogP) is 1.93. The van der Waals surface area contributed by atoms with E-state index in [1.807, 2.05) is 13.0 Å². The fraction of sp³-hybridized carbons (Fsp3) is 0.600. The standard InChI is InChI=1S/C15H23N3O2/c1-11-13(15(19)20-3)4-5-14(17-11)16-10-12-6-8-18(2)9-7-12/h4-5,12H,6-10H2,1-3H3,(H,16,17). The number of hydrogen-bond acceptors (Lipinski definition) is 5. The van der Waals surface area contributed by atoms with Gasteiger partial charge in [-0.15, -0.1) is 0 Å². The van der Waals surface area contributed by atoms with Crippen LogP contribution in [0.2, 0.25) is 0 Å². The number of likely N-dealkylation sites (tertiary alicyclic amines) is 1. The molecule has 5 heteroatoms. The molecule has 1 N–H and O–H groups in total. The van der Waals surface area contributed by atoms with E-state index < -0.39 is 0 Å². The van der Waals surface area contributed by atoms with E-state index in [9.17, 15) is 4.79 Å². The number of nitrogens with zero attached hydrogens (tertiary/aromatic N) is 2. The SMILES string of the molecule is COC(=O)c1ccc(NCC2CCN(C)CC2)nc1C. The fourth-order valence-electron chi connectivity index (χ4n) is 2.50. The second kappa shape index (κ2) is 6.70. The van der Waals surface area contributed by atoms with E-state index in [0.717, 1.165) is 12.4 Å². The molecule has 2 rings (SSSR count). The zero-order chi connectivity index (χ0) is 14.5. The maximum absolute atomic E-state index is 11.5. The summed E-state index contributed by atoms with van der Waals surface area (Å²) in [5, 5.41) is 3.37. The molecule has 5 nitrogen and oxygen atoms in total. The van der Waals surface area contributed by atoms with Crippen LogP contribution >= 0.6 is 0 Å². The van der Waals surface area contributed by atoms with Crippen LogP contribution in [0.15, 0.2) is 12.1 Å². The molecule has 0 saturated carbocycles. The van der Waals surface area contributed by atoms with Gasteiger partial charge in [0.1, 0.15) is 5.82 Å². The first-order chi connectivity index (χ1) is 9.60. The Morgan fingerprint density at radius 1 is 1.45 bits per heavy atom. The Morgan fingerprint density at radius 2 is 2.15 bits per heavy atom. The molecule has 1 fully saturated rings. The van der Waals surface area contributed by atoms with Gasteiger partial charge >= 0.3 is 5.97 Å². The van der Waals surface area contributed by atoms with Crippen molar-refractivity contribution in [3.63, 3.8) is 0 Å². The van der Waals surface area contributed by atoms with Gasteiger partial charge in [-0.25, -0.2) is 9.78 Å². The largest absolute Gasteiger partial charge is 0.465 e. The number of hydrogen-bond donors (Lipinski definition) is 1. The highest BCUT2D eigenvalue weighted by atomic mass is 16.5. The summed E-state index contributed by atoms with van der Waals surface area (Å²) in [5.74, 6) is 1.19. The molecule has 20 heavy (non-hydrogen) atoms. The van der Waals surface area contributed by atoms with Crippen LogP contribution in [-0.2, 0) is 4.74 Å². The third-order valence-corrected chi connectivity index (χ3v) is 3.90. The zero-order valence-electron chi connectivity index (χ0n) is 12.5. The Hall–Kier alpha value is -1.62. The first kappa shape index (κ1) is 14.8. The molecule has 1 saturated heterocycles. The van der Waals surface area contributed by atoms with Crippen LogP contribution in [0, 0.1) is 12.8 Å². The highest BCUT2D eigenvalue weighted by Crippen LogP contribution is 2.17. The number of nitrogens with one attached hydrogen (secondary N) is 1. The molecule has 1 aliphatic heterocycles. The lowest BCUT2D eigenvalue weighted by Crippen LogP contribution is -2.33. The number of aryl methyl sites for hydroxylation is 1. The number of rotatable bonds is 4. The molecule has 1 aromatic heterocycles. The van der Waals surface area contributed by atoms with Crippen LogP contribution in [0.1, 0.15) is 28.9 Å². The third-order valence-electron chi connectivity index (χ3n) is 3.90. The highest BCUT2D eigenvalue weighted by Gasteiger charge is 2.16. The van der Waals surface area contributed by atoms with Gasteiger partial charge in [0.25, 0.3) is 0 Å². The quantitative estimate of drug-likeness (QED) is 0.852. The average Bonchev–Trinajstić information content (AvgIpc) is 2.46. The van der Waals surface area contributed by atoms with Gasteiger partial charge < -0.3 is 15.0 Å². The van der Waals surface area contributed by atoms with Crippen molar-refractivity contribution in [3.8, 4) is 0 Å². The lowest BCUT2D eigenvalue weighted by Gasteiger charge is -2.29. The zero-order valence-corrected chi connectivity index (χ0v) is 12.5. The van der Waals surface area contributed by atoms with Gasteiger partial charge in [-0.1, -0.05) is 0 Å². The smallest absolute Gasteiger partial charge is 0.339 e. The van der Waals surface area contributed by atoms with Crippen molar-refractivity contribution in [2.45, 2.75) is 19.8 Å². The minimum Gasteiger partial charge on any atom is -0.465 e. The summed E-state index contributed by atoms with van der Waals surface area (Å²) in [6.07, 6.45) is 2.45. The topological polar surface area (TPSA) is 54.5 Å². The van der Waals surface area contributed by atoms with Crippen molar-refractivity contribution in [1.82, 2.24) is 9.88 Å². The van der Waals surface area contributed by atoms with Crippen LogP contribution < -0.4 is 5.32 Å². The number of pyridine rings is 1. The summed E-state index contributed by atoms with van der Waals surface area (Å²) in [5.41, 5.74) is 1.22. The maximum atomic E-state index is 11.5. The highest BCUT2D eigenvalue weighted by molar-refractivity contribution is 5.90. The van der Waals surface area contributed by atoms with E-state index in [0.29, 0.717) is 17.2 Å². The second-order valence-electron chi connectivity index (χ2n) is 5.45. The normalized spacial score (nSPS) is 16.9. The van der Waals surface area contributed by atoms with Crippen molar-refractivity contribution in [1.29, 1.82) is 0 Å². The van der Waals surface area contributed by atoms with Crippen LogP contribution in [0.25, 0.3) is 0 Å². The van der Waals surface area contributed by atoms with E-state index in [4.69, 9.17) is 4.74 Å². The molecule has 0 spiro atoms. The number of carbonyl (C=O) groups is 1. The molecule has 110 valence electrons. The number of aromatic nitrogens is 1. The summed E-state index contributed by atoms with van der Waals surface area (Å²) in [7, 11) is 3.55. The Balaban J connectivity index is 1.90.